The molecule has 122 valence electrons. The van der Waals surface area contributed by atoms with E-state index in [4.69, 9.17) is 16.3 Å². The third-order valence-electron chi connectivity index (χ3n) is 3.42. The maximum atomic E-state index is 6.14. The van der Waals surface area contributed by atoms with Gasteiger partial charge in [0.2, 0.25) is 0 Å². The minimum Gasteiger partial charge on any atom is -0.495 e. The summed E-state index contributed by atoms with van der Waals surface area (Å²) in [4.78, 5) is 6.34. The van der Waals surface area contributed by atoms with Gasteiger partial charge >= 0.3 is 0 Å². The van der Waals surface area contributed by atoms with Gasteiger partial charge in [-0.3, -0.25) is 0 Å². The first-order valence-corrected chi connectivity index (χ1v) is 7.64. The molecule has 3 rings (SSSR count). The largest absolute Gasteiger partial charge is 0.495 e. The number of methoxy groups -OCH3 is 1. The van der Waals surface area contributed by atoms with Crippen LogP contribution in [0.4, 0.5) is 23.1 Å². The van der Waals surface area contributed by atoms with Gasteiger partial charge in [-0.2, -0.15) is 10.1 Å². The highest BCUT2D eigenvalue weighted by Crippen LogP contribution is 2.28. The average Bonchev–Trinajstić information content (AvgIpc) is 2.62. The minimum atomic E-state index is 0.491. The van der Waals surface area contributed by atoms with Crippen LogP contribution in [0.15, 0.2) is 54.7 Å². The fourth-order valence-electron chi connectivity index (χ4n) is 2.16. The molecule has 0 spiro atoms. The molecule has 0 fully saturated rings. The second-order valence-electron chi connectivity index (χ2n) is 5.01. The molecule has 24 heavy (non-hydrogen) atoms. The highest BCUT2D eigenvalue weighted by molar-refractivity contribution is 6.32. The molecule has 1 N–H and O–H groups in total. The fourth-order valence-corrected chi connectivity index (χ4v) is 2.41. The van der Waals surface area contributed by atoms with E-state index >= 15 is 0 Å². The molecule has 7 heteroatoms. The molecule has 0 unspecified atom stereocenters. The lowest BCUT2D eigenvalue weighted by atomic mass is 10.3. The van der Waals surface area contributed by atoms with Crippen molar-refractivity contribution in [3.05, 3.63) is 59.8 Å². The summed E-state index contributed by atoms with van der Waals surface area (Å²) in [5.41, 5.74) is 1.76. The average molecular weight is 342 g/mol. The van der Waals surface area contributed by atoms with Crippen molar-refractivity contribution < 1.29 is 4.74 Å². The van der Waals surface area contributed by atoms with Crippen molar-refractivity contribution in [3.63, 3.8) is 0 Å². The van der Waals surface area contributed by atoms with E-state index in [1.807, 2.05) is 48.3 Å². The van der Waals surface area contributed by atoms with Crippen molar-refractivity contribution >= 4 is 34.7 Å². The van der Waals surface area contributed by atoms with Crippen molar-refractivity contribution in [2.45, 2.75) is 0 Å². The third kappa shape index (κ3) is 3.55. The van der Waals surface area contributed by atoms with Crippen LogP contribution in [0.1, 0.15) is 0 Å². The van der Waals surface area contributed by atoms with E-state index in [1.54, 1.807) is 25.4 Å². The van der Waals surface area contributed by atoms with E-state index in [1.165, 1.54) is 0 Å². The lowest BCUT2D eigenvalue weighted by molar-refractivity contribution is 0.415. The summed E-state index contributed by atoms with van der Waals surface area (Å²) in [5, 5.41) is 11.8. The molecule has 0 aliphatic heterocycles. The lowest BCUT2D eigenvalue weighted by Crippen LogP contribution is -2.14. The van der Waals surface area contributed by atoms with Gasteiger partial charge in [0, 0.05) is 18.4 Å². The summed E-state index contributed by atoms with van der Waals surface area (Å²) in [7, 11) is 3.47. The van der Waals surface area contributed by atoms with Gasteiger partial charge in [0.25, 0.3) is 5.95 Å². The molecule has 0 aliphatic rings. The number of para-hydroxylation sites is 1. The van der Waals surface area contributed by atoms with Crippen molar-refractivity contribution in [3.8, 4) is 5.75 Å². The van der Waals surface area contributed by atoms with E-state index in [2.05, 4.69) is 20.5 Å². The monoisotopic (exact) mass is 341 g/mol. The van der Waals surface area contributed by atoms with Gasteiger partial charge < -0.3 is 15.0 Å². The van der Waals surface area contributed by atoms with Crippen molar-refractivity contribution in [1.82, 2.24) is 15.2 Å². The number of benzene rings is 2. The summed E-state index contributed by atoms with van der Waals surface area (Å²) >= 11 is 6.14. The first kappa shape index (κ1) is 16.0. The first-order chi connectivity index (χ1) is 11.7. The van der Waals surface area contributed by atoms with E-state index < -0.39 is 0 Å². The molecule has 6 nitrogen and oxygen atoms in total. The third-order valence-corrected chi connectivity index (χ3v) is 3.71. The number of hydrogen-bond acceptors (Lipinski definition) is 6. The highest BCUT2D eigenvalue weighted by Gasteiger charge is 2.09. The molecule has 0 atom stereocenters. The molecular formula is C17H16ClN5O. The molecule has 0 amide bonds. The van der Waals surface area contributed by atoms with Crippen molar-refractivity contribution in [1.29, 1.82) is 0 Å². The van der Waals surface area contributed by atoms with Gasteiger partial charge in [-0.25, -0.2) is 0 Å². The van der Waals surface area contributed by atoms with Gasteiger partial charge in [-0.05, 0) is 30.3 Å². The molecule has 2 aromatic carbocycles. The number of nitrogens with one attached hydrogen (secondary N) is 1. The number of anilines is 4. The molecule has 0 bridgehead atoms. The zero-order valence-electron chi connectivity index (χ0n) is 13.3. The highest BCUT2D eigenvalue weighted by atomic mass is 35.5. The Morgan fingerprint density at radius 2 is 1.92 bits per heavy atom. The van der Waals surface area contributed by atoms with E-state index in [0.717, 1.165) is 11.4 Å². The summed E-state index contributed by atoms with van der Waals surface area (Å²) in [5.74, 6) is 1.68. The van der Waals surface area contributed by atoms with Gasteiger partial charge in [0.05, 0.1) is 18.3 Å². The van der Waals surface area contributed by atoms with Crippen molar-refractivity contribution in [2.75, 3.05) is 24.4 Å². The van der Waals surface area contributed by atoms with Gasteiger partial charge in [0.15, 0.2) is 5.82 Å². The smallest absolute Gasteiger partial charge is 0.251 e. The first-order valence-electron chi connectivity index (χ1n) is 7.26. The van der Waals surface area contributed by atoms with Crippen LogP contribution >= 0.6 is 11.6 Å². The Morgan fingerprint density at radius 1 is 1.12 bits per heavy atom. The fraction of sp³-hybridized carbons (Fsp3) is 0.118. The normalized spacial score (nSPS) is 10.3. The SMILES string of the molecule is COc1ccc(Nc2cnnc(N(C)c3ccccc3)n2)cc1Cl. The molecule has 0 radical (unpaired) electrons. The molecule has 3 aromatic rings. The van der Waals surface area contributed by atoms with E-state index in [0.29, 0.717) is 22.5 Å². The van der Waals surface area contributed by atoms with Crippen LogP contribution in [0.25, 0.3) is 0 Å². The van der Waals surface area contributed by atoms with Crippen LogP contribution in [0.3, 0.4) is 0 Å². The summed E-state index contributed by atoms with van der Waals surface area (Å²) in [6, 6.07) is 15.2. The lowest BCUT2D eigenvalue weighted by Gasteiger charge is -2.17. The Hall–Kier alpha value is -2.86. The zero-order valence-corrected chi connectivity index (χ0v) is 14.0. The van der Waals surface area contributed by atoms with Gasteiger partial charge in [-0.15, -0.1) is 5.10 Å². The van der Waals surface area contributed by atoms with E-state index in [9.17, 15) is 0 Å². The van der Waals surface area contributed by atoms with Crippen molar-refractivity contribution in [2.24, 2.45) is 0 Å². The topological polar surface area (TPSA) is 63.2 Å². The maximum absolute atomic E-state index is 6.14. The Labute approximate surface area is 145 Å². The molecule has 0 saturated carbocycles. The second kappa shape index (κ2) is 7.14. The number of hydrogen-bond donors (Lipinski definition) is 1. The summed E-state index contributed by atoms with van der Waals surface area (Å²) in [6.45, 7) is 0. The predicted molar refractivity (Wildman–Crippen MR) is 95.6 cm³/mol. The number of halogens is 1. The van der Waals surface area contributed by atoms with E-state index in [-0.39, 0.29) is 0 Å². The molecule has 1 aromatic heterocycles. The van der Waals surface area contributed by atoms with Crippen LogP contribution in [-0.2, 0) is 0 Å². The Morgan fingerprint density at radius 3 is 2.62 bits per heavy atom. The number of ether oxygens (including phenoxy) is 1. The minimum absolute atomic E-state index is 0.491. The van der Waals surface area contributed by atoms with Crippen LogP contribution in [-0.4, -0.2) is 29.3 Å². The maximum Gasteiger partial charge on any atom is 0.251 e. The zero-order chi connectivity index (χ0) is 16.9. The van der Waals surface area contributed by atoms with Crippen LogP contribution in [0.2, 0.25) is 5.02 Å². The second-order valence-corrected chi connectivity index (χ2v) is 5.42. The predicted octanol–water partition coefficient (Wildman–Crippen LogP) is 4.05. The number of rotatable bonds is 5. The molecule has 0 aliphatic carbocycles. The van der Waals surface area contributed by atoms with Crippen LogP contribution in [0, 0.1) is 0 Å². The standard InChI is InChI=1S/C17H16ClN5O/c1-23(13-6-4-3-5-7-13)17-21-16(11-19-22-17)20-12-8-9-15(24-2)14(18)10-12/h3-11H,1-2H3,(H,20,21,22). The molecular weight excluding hydrogens is 326 g/mol. The summed E-state index contributed by atoms with van der Waals surface area (Å²) in [6.07, 6.45) is 1.56. The molecule has 0 saturated heterocycles. The van der Waals surface area contributed by atoms with Crippen LogP contribution < -0.4 is 15.0 Å². The Kier molecular flexibility index (Phi) is 4.77. The van der Waals surface area contributed by atoms with Gasteiger partial charge in [-0.1, -0.05) is 29.8 Å². The Balaban J connectivity index is 1.82. The number of nitrogens with zero attached hydrogens (tertiary/aromatic N) is 4. The molecule has 1 heterocycles. The Bertz CT molecular complexity index is 828. The quantitative estimate of drug-likeness (QED) is 0.755. The van der Waals surface area contributed by atoms with Crippen LogP contribution in [0.5, 0.6) is 5.75 Å². The summed E-state index contributed by atoms with van der Waals surface area (Å²) < 4.78 is 5.15. The van der Waals surface area contributed by atoms with Gasteiger partial charge in [0.1, 0.15) is 5.75 Å². The number of aromatic nitrogens is 3.